The minimum absolute atomic E-state index is 0.0132. The molecular weight excluding hydrogens is 495 g/mol. The number of carbonyl (C=O) groups excluding carboxylic acids is 3. The molecule has 3 rings (SSSR count). The smallest absolute Gasteiger partial charge is 0.326 e. The molecular formula is C24H24Cl2N4O5. The first-order valence-electron chi connectivity index (χ1n) is 10.8. The van der Waals surface area contributed by atoms with Gasteiger partial charge in [-0.2, -0.15) is 0 Å². The molecule has 184 valence electrons. The summed E-state index contributed by atoms with van der Waals surface area (Å²) in [6.45, 7) is 2.27. The van der Waals surface area contributed by atoms with Gasteiger partial charge in [-0.25, -0.2) is 4.79 Å². The van der Waals surface area contributed by atoms with Gasteiger partial charge in [0.05, 0.1) is 22.2 Å². The van der Waals surface area contributed by atoms with Crippen LogP contribution in [0.1, 0.15) is 35.0 Å². The number of nitrogens with zero attached hydrogens (tertiary/aromatic N) is 2. The predicted octanol–water partition coefficient (Wildman–Crippen LogP) is 2.57. The average Bonchev–Trinajstić information content (AvgIpc) is 2.82. The van der Waals surface area contributed by atoms with Gasteiger partial charge in [-0.15, -0.1) is 0 Å². The van der Waals surface area contributed by atoms with Crippen LogP contribution in [0.2, 0.25) is 10.0 Å². The zero-order valence-corrected chi connectivity index (χ0v) is 20.4. The Balaban J connectivity index is 1.62. The van der Waals surface area contributed by atoms with Crippen LogP contribution in [0.15, 0.2) is 42.6 Å². The molecule has 2 aromatic rings. The number of benzene rings is 1. The van der Waals surface area contributed by atoms with Crippen LogP contribution in [-0.4, -0.2) is 64.4 Å². The molecule has 0 bridgehead atoms. The Morgan fingerprint density at radius 2 is 1.86 bits per heavy atom. The minimum atomic E-state index is -1.23. The number of hydrogen-bond acceptors (Lipinski definition) is 5. The highest BCUT2D eigenvalue weighted by Crippen LogP contribution is 2.25. The Morgan fingerprint density at radius 1 is 1.14 bits per heavy atom. The largest absolute Gasteiger partial charge is 0.480 e. The summed E-state index contributed by atoms with van der Waals surface area (Å²) in [5, 5.41) is 14.8. The number of carboxylic acid groups (broad SMARTS) is 1. The summed E-state index contributed by atoms with van der Waals surface area (Å²) in [5.74, 6) is -2.31. The second-order valence-electron chi connectivity index (χ2n) is 7.93. The third-order valence-corrected chi connectivity index (χ3v) is 6.08. The third kappa shape index (κ3) is 7.03. The van der Waals surface area contributed by atoms with Gasteiger partial charge in [0.1, 0.15) is 6.04 Å². The Bertz CT molecular complexity index is 1150. The molecule has 3 N–H and O–H groups in total. The van der Waals surface area contributed by atoms with Crippen LogP contribution in [0.3, 0.4) is 0 Å². The number of carbonyl (C=O) groups is 4. The molecule has 0 fully saturated rings. The normalized spacial score (nSPS) is 14.0. The van der Waals surface area contributed by atoms with Gasteiger partial charge in [0.15, 0.2) is 0 Å². The predicted molar refractivity (Wildman–Crippen MR) is 131 cm³/mol. The molecule has 1 aliphatic heterocycles. The minimum Gasteiger partial charge on any atom is -0.480 e. The number of pyridine rings is 1. The van der Waals surface area contributed by atoms with Gasteiger partial charge in [0.25, 0.3) is 5.91 Å². The molecule has 0 radical (unpaired) electrons. The fourth-order valence-corrected chi connectivity index (χ4v) is 4.13. The monoisotopic (exact) mass is 518 g/mol. The number of amides is 3. The zero-order valence-electron chi connectivity index (χ0n) is 18.9. The van der Waals surface area contributed by atoms with Crippen molar-refractivity contribution in [3.05, 3.63) is 69.5 Å². The van der Waals surface area contributed by atoms with E-state index in [9.17, 15) is 24.3 Å². The molecule has 3 amide bonds. The van der Waals surface area contributed by atoms with Gasteiger partial charge in [0, 0.05) is 38.3 Å². The first-order chi connectivity index (χ1) is 16.7. The lowest BCUT2D eigenvalue weighted by Crippen LogP contribution is -2.42. The maximum absolute atomic E-state index is 12.6. The molecule has 0 aliphatic carbocycles. The van der Waals surface area contributed by atoms with E-state index in [1.54, 1.807) is 23.2 Å². The molecule has 0 saturated heterocycles. The summed E-state index contributed by atoms with van der Waals surface area (Å²) < 4.78 is 0. The number of hydrogen-bond donors (Lipinski definition) is 3. The molecule has 0 unspecified atom stereocenters. The highest BCUT2D eigenvalue weighted by molar-refractivity contribution is 6.39. The third-order valence-electron chi connectivity index (χ3n) is 5.45. The van der Waals surface area contributed by atoms with Crippen molar-refractivity contribution in [1.82, 2.24) is 20.5 Å². The van der Waals surface area contributed by atoms with E-state index in [4.69, 9.17) is 23.2 Å². The van der Waals surface area contributed by atoms with Crippen molar-refractivity contribution in [2.75, 3.05) is 19.6 Å². The lowest BCUT2D eigenvalue weighted by Gasteiger charge is -2.26. The summed E-state index contributed by atoms with van der Waals surface area (Å²) >= 11 is 12.1. The lowest BCUT2D eigenvalue weighted by atomic mass is 10.00. The SMILES string of the molecule is CC(=O)NCC(=O)N1CC=C(c2ccc(C[C@H](NC(=O)c3c(Cl)cccc3Cl)C(=O)O)nc2)CC1. The topological polar surface area (TPSA) is 129 Å². The van der Waals surface area contributed by atoms with E-state index < -0.39 is 17.9 Å². The molecule has 35 heavy (non-hydrogen) atoms. The van der Waals surface area contributed by atoms with Crippen molar-refractivity contribution >= 4 is 52.5 Å². The van der Waals surface area contributed by atoms with Crippen molar-refractivity contribution in [1.29, 1.82) is 0 Å². The van der Waals surface area contributed by atoms with Crippen LogP contribution >= 0.6 is 23.2 Å². The van der Waals surface area contributed by atoms with E-state index >= 15 is 0 Å². The molecule has 1 aromatic carbocycles. The second-order valence-corrected chi connectivity index (χ2v) is 8.75. The van der Waals surface area contributed by atoms with Gasteiger partial charge in [-0.05, 0) is 35.8 Å². The van der Waals surface area contributed by atoms with E-state index in [2.05, 4.69) is 15.6 Å². The van der Waals surface area contributed by atoms with Crippen molar-refractivity contribution < 1.29 is 24.3 Å². The average molecular weight is 519 g/mol. The fraction of sp³-hybridized carbons (Fsp3) is 0.292. The Morgan fingerprint density at radius 3 is 2.40 bits per heavy atom. The summed E-state index contributed by atoms with van der Waals surface area (Å²) in [4.78, 5) is 53.5. The van der Waals surface area contributed by atoms with Crippen LogP contribution in [-0.2, 0) is 20.8 Å². The maximum Gasteiger partial charge on any atom is 0.326 e. The number of aliphatic carboxylic acids is 1. The van der Waals surface area contributed by atoms with E-state index in [-0.39, 0.29) is 40.4 Å². The Hall–Kier alpha value is -3.43. The van der Waals surface area contributed by atoms with E-state index in [1.807, 2.05) is 12.1 Å². The second kappa shape index (κ2) is 11.8. The lowest BCUT2D eigenvalue weighted by molar-refractivity contribution is -0.139. The Labute approximate surface area is 212 Å². The molecule has 2 heterocycles. The van der Waals surface area contributed by atoms with Gasteiger partial charge < -0.3 is 20.6 Å². The van der Waals surface area contributed by atoms with Crippen molar-refractivity contribution in [2.45, 2.75) is 25.8 Å². The first-order valence-corrected chi connectivity index (χ1v) is 11.6. The summed E-state index contributed by atoms with van der Waals surface area (Å²) in [6.07, 6.45) is 4.16. The van der Waals surface area contributed by atoms with Crippen molar-refractivity contribution in [2.24, 2.45) is 0 Å². The molecule has 0 spiro atoms. The number of aromatic nitrogens is 1. The summed E-state index contributed by atoms with van der Waals surface area (Å²) in [5.41, 5.74) is 2.37. The molecule has 0 saturated carbocycles. The maximum atomic E-state index is 12.6. The number of carboxylic acids is 1. The van der Waals surface area contributed by atoms with Crippen LogP contribution in [0.25, 0.3) is 5.57 Å². The van der Waals surface area contributed by atoms with Crippen LogP contribution in [0.4, 0.5) is 0 Å². The molecule has 9 nitrogen and oxygen atoms in total. The first kappa shape index (κ1) is 26.2. The highest BCUT2D eigenvalue weighted by Gasteiger charge is 2.24. The number of rotatable bonds is 8. The molecule has 1 aliphatic rings. The van der Waals surface area contributed by atoms with Gasteiger partial charge in [-0.3, -0.25) is 19.4 Å². The van der Waals surface area contributed by atoms with Gasteiger partial charge in [-0.1, -0.05) is 41.4 Å². The van der Waals surface area contributed by atoms with Crippen molar-refractivity contribution in [3.63, 3.8) is 0 Å². The van der Waals surface area contributed by atoms with Crippen LogP contribution < -0.4 is 10.6 Å². The van der Waals surface area contributed by atoms with E-state index in [0.29, 0.717) is 25.2 Å². The van der Waals surface area contributed by atoms with E-state index in [1.165, 1.54) is 19.1 Å². The van der Waals surface area contributed by atoms with Gasteiger partial charge >= 0.3 is 5.97 Å². The molecule has 1 aromatic heterocycles. The zero-order chi connectivity index (χ0) is 25.5. The van der Waals surface area contributed by atoms with Crippen LogP contribution in [0.5, 0.6) is 0 Å². The van der Waals surface area contributed by atoms with Crippen LogP contribution in [0, 0.1) is 0 Å². The summed E-state index contributed by atoms with van der Waals surface area (Å²) in [6, 6.07) is 6.88. The fourth-order valence-electron chi connectivity index (χ4n) is 3.56. The molecule has 11 heteroatoms. The number of halogens is 2. The number of nitrogens with one attached hydrogen (secondary N) is 2. The quantitative estimate of drug-likeness (QED) is 0.492. The summed E-state index contributed by atoms with van der Waals surface area (Å²) in [7, 11) is 0. The Kier molecular flexibility index (Phi) is 8.84. The highest BCUT2D eigenvalue weighted by atomic mass is 35.5. The van der Waals surface area contributed by atoms with E-state index in [0.717, 1.165) is 11.1 Å². The standard InChI is InChI=1S/C24H24Cl2N4O5/c1-14(31)27-13-21(32)30-9-7-15(8-10-30)16-5-6-17(28-12-16)11-20(24(34)35)29-23(33)22-18(25)3-2-4-19(22)26/h2-7,12,20H,8-11,13H2,1H3,(H,27,31)(H,29,33)(H,34,35)/t20-/m0/s1. The van der Waals surface area contributed by atoms with Gasteiger partial charge in [0.2, 0.25) is 11.8 Å². The molecule has 1 atom stereocenters. The van der Waals surface area contributed by atoms with Crippen molar-refractivity contribution in [3.8, 4) is 0 Å².